The number of carbonyl (C=O) groups excluding carboxylic acids is 2. The quantitative estimate of drug-likeness (QED) is 0.495. The molecule has 1 aliphatic rings. The molecule has 168 valence electrons. The van der Waals surface area contributed by atoms with Crippen LogP contribution >= 0.6 is 12.2 Å². The molecule has 0 heterocycles. The molecule has 1 saturated carbocycles. The van der Waals surface area contributed by atoms with Crippen molar-refractivity contribution < 1.29 is 14.3 Å². The van der Waals surface area contributed by atoms with E-state index >= 15 is 0 Å². The highest BCUT2D eigenvalue weighted by Gasteiger charge is 2.24. The zero-order valence-corrected chi connectivity index (χ0v) is 19.3. The van der Waals surface area contributed by atoms with Crippen LogP contribution in [0.1, 0.15) is 48.0 Å². The predicted octanol–water partition coefficient (Wildman–Crippen LogP) is 4.63. The lowest BCUT2D eigenvalue weighted by atomic mass is 9.94. The molecule has 3 rings (SSSR count). The highest BCUT2D eigenvalue weighted by Crippen LogP contribution is 2.25. The van der Waals surface area contributed by atoms with Gasteiger partial charge in [0.2, 0.25) is 5.91 Å². The molecule has 0 aliphatic heterocycles. The van der Waals surface area contributed by atoms with Gasteiger partial charge in [0.25, 0.3) is 5.91 Å². The second-order valence-electron chi connectivity index (χ2n) is 7.77. The molecule has 2 aromatic carbocycles. The fraction of sp³-hybridized carbons (Fsp3) is 0.320. The largest absolute Gasteiger partial charge is 0.496 e. The molecule has 0 unspecified atom stereocenters. The van der Waals surface area contributed by atoms with Crippen LogP contribution in [-0.4, -0.2) is 42.0 Å². The van der Waals surface area contributed by atoms with Gasteiger partial charge in [-0.3, -0.25) is 14.9 Å². The summed E-state index contributed by atoms with van der Waals surface area (Å²) in [6, 6.07) is 14.9. The Morgan fingerprint density at radius 3 is 2.50 bits per heavy atom. The van der Waals surface area contributed by atoms with E-state index in [-0.39, 0.29) is 23.0 Å². The molecule has 2 amide bonds. The number of thiocarbonyl (C=S) groups is 1. The monoisotopic (exact) mass is 451 g/mol. The number of para-hydroxylation sites is 2. The normalized spacial score (nSPS) is 14.1. The molecule has 0 aromatic heterocycles. The van der Waals surface area contributed by atoms with Crippen molar-refractivity contribution >= 4 is 40.9 Å². The predicted molar refractivity (Wildman–Crippen MR) is 132 cm³/mol. The van der Waals surface area contributed by atoms with Crippen LogP contribution in [0.2, 0.25) is 0 Å². The Hall–Kier alpha value is -3.19. The molecule has 0 radical (unpaired) electrons. The third kappa shape index (κ3) is 6.17. The average Bonchev–Trinajstić information content (AvgIpc) is 2.82. The number of nitrogens with one attached hydrogen (secondary N) is 2. The zero-order chi connectivity index (χ0) is 22.9. The van der Waals surface area contributed by atoms with Crippen molar-refractivity contribution in [2.24, 2.45) is 0 Å². The first-order valence-corrected chi connectivity index (χ1v) is 11.2. The number of ether oxygens (including phenoxy) is 1. The topological polar surface area (TPSA) is 70.7 Å². The lowest BCUT2D eigenvalue weighted by Crippen LogP contribution is -2.39. The van der Waals surface area contributed by atoms with E-state index in [1.165, 1.54) is 12.5 Å². The van der Waals surface area contributed by atoms with Crippen LogP contribution in [0.25, 0.3) is 6.08 Å². The molecule has 7 heteroatoms. The number of carbonyl (C=O) groups is 2. The highest BCUT2D eigenvalue weighted by molar-refractivity contribution is 7.80. The Balaban J connectivity index is 1.63. The maximum absolute atomic E-state index is 13.1. The summed E-state index contributed by atoms with van der Waals surface area (Å²) in [5, 5.41) is 5.74. The zero-order valence-electron chi connectivity index (χ0n) is 18.5. The Morgan fingerprint density at radius 1 is 1.06 bits per heavy atom. The number of methoxy groups -OCH3 is 1. The van der Waals surface area contributed by atoms with Gasteiger partial charge >= 0.3 is 0 Å². The van der Waals surface area contributed by atoms with Crippen LogP contribution in [-0.2, 0) is 4.79 Å². The summed E-state index contributed by atoms with van der Waals surface area (Å²) in [6.07, 6.45) is 8.65. The van der Waals surface area contributed by atoms with E-state index in [4.69, 9.17) is 17.0 Å². The van der Waals surface area contributed by atoms with Gasteiger partial charge in [0.15, 0.2) is 5.11 Å². The second kappa shape index (κ2) is 11.4. The summed E-state index contributed by atoms with van der Waals surface area (Å²) in [5.41, 5.74) is 1.88. The average molecular weight is 452 g/mol. The van der Waals surface area contributed by atoms with Crippen molar-refractivity contribution in [3.8, 4) is 5.75 Å². The second-order valence-corrected chi connectivity index (χ2v) is 8.18. The standard InChI is InChI=1S/C25H29N3O3S/c1-28(19-11-4-3-5-12-19)24(30)20-13-7-8-14-21(20)26-25(32)27-23(29)17-16-18-10-6-9-15-22(18)31-2/h6-10,13-17,19H,3-5,11-12H2,1-2H3,(H2,26,27,29,32). The molecule has 2 aromatic rings. The van der Waals surface area contributed by atoms with Gasteiger partial charge in [-0.1, -0.05) is 49.6 Å². The number of hydrogen-bond acceptors (Lipinski definition) is 4. The summed E-state index contributed by atoms with van der Waals surface area (Å²) < 4.78 is 5.28. The molecule has 2 N–H and O–H groups in total. The number of hydrogen-bond donors (Lipinski definition) is 2. The summed E-state index contributed by atoms with van der Waals surface area (Å²) in [7, 11) is 3.44. The van der Waals surface area contributed by atoms with Crippen LogP contribution in [0.4, 0.5) is 5.69 Å². The third-order valence-electron chi connectivity index (χ3n) is 5.64. The van der Waals surface area contributed by atoms with Gasteiger partial charge in [0.05, 0.1) is 18.4 Å². The van der Waals surface area contributed by atoms with Gasteiger partial charge in [-0.2, -0.15) is 0 Å². The third-order valence-corrected chi connectivity index (χ3v) is 5.84. The molecular formula is C25H29N3O3S. The fourth-order valence-electron chi connectivity index (χ4n) is 3.88. The Morgan fingerprint density at radius 2 is 1.75 bits per heavy atom. The van der Waals surface area contributed by atoms with Gasteiger partial charge in [-0.05, 0) is 49.3 Å². The minimum absolute atomic E-state index is 0.0507. The lowest BCUT2D eigenvalue weighted by Gasteiger charge is -2.31. The number of nitrogens with zero attached hydrogens (tertiary/aromatic N) is 1. The van der Waals surface area contributed by atoms with E-state index in [1.54, 1.807) is 25.3 Å². The maximum atomic E-state index is 13.1. The minimum Gasteiger partial charge on any atom is -0.496 e. The molecule has 1 fully saturated rings. The van der Waals surface area contributed by atoms with Gasteiger partial charge in [-0.25, -0.2) is 0 Å². The summed E-state index contributed by atoms with van der Waals surface area (Å²) in [6.45, 7) is 0. The maximum Gasteiger partial charge on any atom is 0.255 e. The Bertz CT molecular complexity index is 999. The van der Waals surface area contributed by atoms with Crippen LogP contribution in [0.15, 0.2) is 54.6 Å². The van der Waals surface area contributed by atoms with Crippen LogP contribution in [0.3, 0.4) is 0 Å². The van der Waals surface area contributed by atoms with Crippen LogP contribution < -0.4 is 15.4 Å². The van der Waals surface area contributed by atoms with Crippen molar-refractivity contribution in [2.45, 2.75) is 38.1 Å². The van der Waals surface area contributed by atoms with E-state index < -0.39 is 0 Å². The Labute approximate surface area is 194 Å². The first-order valence-electron chi connectivity index (χ1n) is 10.8. The highest BCUT2D eigenvalue weighted by atomic mass is 32.1. The van der Waals surface area contributed by atoms with Gasteiger partial charge in [0.1, 0.15) is 5.75 Å². The molecule has 0 saturated heterocycles. The molecule has 6 nitrogen and oxygen atoms in total. The molecule has 1 aliphatic carbocycles. The number of rotatable bonds is 6. The summed E-state index contributed by atoms with van der Waals surface area (Å²) in [4.78, 5) is 27.3. The first kappa shape index (κ1) is 23.5. The van der Waals surface area contributed by atoms with Gasteiger partial charge in [-0.15, -0.1) is 0 Å². The Kier molecular flexibility index (Phi) is 8.39. The smallest absolute Gasteiger partial charge is 0.255 e. The van der Waals surface area contributed by atoms with E-state index in [9.17, 15) is 9.59 Å². The number of benzene rings is 2. The number of anilines is 1. The number of amides is 2. The van der Waals surface area contributed by atoms with Crippen molar-refractivity contribution in [3.63, 3.8) is 0 Å². The van der Waals surface area contributed by atoms with Crippen molar-refractivity contribution in [2.75, 3.05) is 19.5 Å². The molecular weight excluding hydrogens is 422 g/mol. The first-order chi connectivity index (χ1) is 15.5. The molecule has 0 bridgehead atoms. The van der Waals surface area contributed by atoms with Crippen LogP contribution in [0.5, 0.6) is 5.75 Å². The van der Waals surface area contributed by atoms with Crippen LogP contribution in [0, 0.1) is 0 Å². The van der Waals surface area contributed by atoms with E-state index in [2.05, 4.69) is 10.6 Å². The van der Waals surface area contributed by atoms with E-state index in [1.807, 2.05) is 48.3 Å². The SMILES string of the molecule is COc1ccccc1C=CC(=O)NC(=S)Nc1ccccc1C(=O)N(C)C1CCCCC1. The lowest BCUT2D eigenvalue weighted by molar-refractivity contribution is -0.115. The van der Waals surface area contributed by atoms with Gasteiger partial charge in [0, 0.05) is 24.7 Å². The summed E-state index contributed by atoms with van der Waals surface area (Å²) in [5.74, 6) is 0.244. The molecule has 32 heavy (non-hydrogen) atoms. The fourth-order valence-corrected chi connectivity index (χ4v) is 4.09. The van der Waals surface area contributed by atoms with Gasteiger partial charge < -0.3 is 15.0 Å². The summed E-state index contributed by atoms with van der Waals surface area (Å²) >= 11 is 5.30. The van der Waals surface area contributed by atoms with E-state index in [0.717, 1.165) is 31.2 Å². The van der Waals surface area contributed by atoms with Crippen molar-refractivity contribution in [3.05, 3.63) is 65.7 Å². The van der Waals surface area contributed by atoms with E-state index in [0.29, 0.717) is 17.0 Å². The molecule has 0 spiro atoms. The molecule has 0 atom stereocenters. The van der Waals surface area contributed by atoms with Crippen molar-refractivity contribution in [1.29, 1.82) is 0 Å². The minimum atomic E-state index is -0.378. The van der Waals surface area contributed by atoms with Crippen molar-refractivity contribution in [1.82, 2.24) is 10.2 Å².